The highest BCUT2D eigenvalue weighted by molar-refractivity contribution is 7.22. The summed E-state index contributed by atoms with van der Waals surface area (Å²) in [6.07, 6.45) is 3.81. The van der Waals surface area contributed by atoms with Crippen molar-refractivity contribution in [3.05, 3.63) is 64.7 Å². The third kappa shape index (κ3) is 6.25. The largest absolute Gasteiger partial charge is 0.493 e. The molecule has 0 aliphatic rings. The maximum Gasteiger partial charge on any atom is 0.264 e. The van der Waals surface area contributed by atoms with Crippen molar-refractivity contribution in [2.75, 3.05) is 40.4 Å². The Kier molecular flexibility index (Phi) is 8.37. The van der Waals surface area contributed by atoms with Crippen LogP contribution in [0.4, 0.5) is 5.13 Å². The van der Waals surface area contributed by atoms with Crippen LogP contribution in [0.3, 0.4) is 0 Å². The van der Waals surface area contributed by atoms with Crippen molar-refractivity contribution in [1.29, 1.82) is 0 Å². The van der Waals surface area contributed by atoms with Gasteiger partial charge in [-0.1, -0.05) is 41.2 Å². The Bertz CT molecular complexity index is 1430. The summed E-state index contributed by atoms with van der Waals surface area (Å²) in [7, 11) is 6.24. The molecule has 0 bridgehead atoms. The number of carbonyl (C=O) groups excluding carboxylic acids is 1. The predicted octanol–water partition coefficient (Wildman–Crippen LogP) is 6.17. The van der Waals surface area contributed by atoms with Crippen molar-refractivity contribution in [1.82, 2.24) is 4.98 Å². The van der Waals surface area contributed by atoms with Crippen molar-refractivity contribution in [2.45, 2.75) is 0 Å². The SMILES string of the molecule is COc1ccc(C=Cc2cc(OC)c(OC)c(OC)c2)cc1OCC(=O)Nc1nc2cc(Cl)ccc2s1. The molecule has 1 amide bonds. The van der Waals surface area contributed by atoms with Crippen molar-refractivity contribution in [3.63, 3.8) is 0 Å². The van der Waals surface area contributed by atoms with E-state index in [1.165, 1.54) is 11.3 Å². The maximum atomic E-state index is 12.5. The number of nitrogens with zero attached hydrogens (tertiary/aromatic N) is 1. The molecule has 192 valence electrons. The van der Waals surface area contributed by atoms with Gasteiger partial charge in [0.15, 0.2) is 34.7 Å². The number of thiazole rings is 1. The van der Waals surface area contributed by atoms with Crippen LogP contribution in [0, 0.1) is 0 Å². The maximum absolute atomic E-state index is 12.5. The van der Waals surface area contributed by atoms with Gasteiger partial charge in [0.25, 0.3) is 5.91 Å². The molecule has 4 aromatic rings. The number of anilines is 1. The first-order valence-corrected chi connectivity index (χ1v) is 12.3. The fourth-order valence-electron chi connectivity index (χ4n) is 3.55. The fourth-order valence-corrected chi connectivity index (χ4v) is 4.58. The Morgan fingerprint density at radius 2 is 1.54 bits per heavy atom. The van der Waals surface area contributed by atoms with Gasteiger partial charge in [0.05, 0.1) is 38.7 Å². The van der Waals surface area contributed by atoms with Crippen LogP contribution in [0.15, 0.2) is 48.5 Å². The molecule has 0 unspecified atom stereocenters. The zero-order chi connectivity index (χ0) is 26.4. The van der Waals surface area contributed by atoms with Crippen LogP contribution in [-0.2, 0) is 4.79 Å². The van der Waals surface area contributed by atoms with E-state index < -0.39 is 0 Å². The molecule has 0 saturated heterocycles. The molecular weight excluding hydrogens is 516 g/mol. The minimum Gasteiger partial charge on any atom is -0.493 e. The van der Waals surface area contributed by atoms with E-state index in [-0.39, 0.29) is 12.5 Å². The van der Waals surface area contributed by atoms with Crippen LogP contribution in [0.25, 0.3) is 22.4 Å². The number of carbonyl (C=O) groups is 1. The lowest BCUT2D eigenvalue weighted by Gasteiger charge is -2.13. The number of methoxy groups -OCH3 is 4. The molecule has 3 aromatic carbocycles. The Balaban J connectivity index is 1.46. The first-order chi connectivity index (χ1) is 17.9. The third-order valence-corrected chi connectivity index (χ3v) is 6.48. The number of amides is 1. The van der Waals surface area contributed by atoms with Gasteiger partial charge in [-0.15, -0.1) is 0 Å². The number of hydrogen-bond acceptors (Lipinski definition) is 8. The molecule has 0 aliphatic heterocycles. The molecule has 0 spiro atoms. The van der Waals surface area contributed by atoms with E-state index >= 15 is 0 Å². The molecule has 0 fully saturated rings. The summed E-state index contributed by atoms with van der Waals surface area (Å²) in [4.78, 5) is 16.9. The van der Waals surface area contributed by atoms with Crippen LogP contribution in [0.2, 0.25) is 5.02 Å². The van der Waals surface area contributed by atoms with E-state index in [9.17, 15) is 4.79 Å². The number of hydrogen-bond donors (Lipinski definition) is 1. The second-order valence-electron chi connectivity index (χ2n) is 7.67. The molecule has 1 aromatic heterocycles. The highest BCUT2D eigenvalue weighted by atomic mass is 35.5. The van der Waals surface area contributed by atoms with E-state index in [0.717, 1.165) is 21.3 Å². The van der Waals surface area contributed by atoms with Crippen molar-refractivity contribution < 1.29 is 28.5 Å². The molecule has 0 aliphatic carbocycles. The predicted molar refractivity (Wildman–Crippen MR) is 147 cm³/mol. The van der Waals surface area contributed by atoms with Gasteiger partial charge in [-0.3, -0.25) is 10.1 Å². The zero-order valence-electron chi connectivity index (χ0n) is 20.7. The molecule has 4 rings (SSSR count). The minimum atomic E-state index is -0.342. The lowest BCUT2D eigenvalue weighted by molar-refractivity contribution is -0.118. The second kappa shape index (κ2) is 11.9. The first kappa shape index (κ1) is 26.1. The monoisotopic (exact) mass is 540 g/mol. The molecular formula is C27H25ClN2O6S. The molecule has 37 heavy (non-hydrogen) atoms. The van der Waals surface area contributed by atoms with Crippen molar-refractivity contribution in [3.8, 4) is 28.7 Å². The molecule has 1 heterocycles. The van der Waals surface area contributed by atoms with E-state index in [1.54, 1.807) is 52.7 Å². The molecule has 0 atom stereocenters. The minimum absolute atomic E-state index is 0.215. The van der Waals surface area contributed by atoms with Gasteiger partial charge >= 0.3 is 0 Å². The summed E-state index contributed by atoms with van der Waals surface area (Å²) < 4.78 is 28.3. The average molecular weight is 541 g/mol. The van der Waals surface area contributed by atoms with Gasteiger partial charge in [0, 0.05) is 5.02 Å². The number of fused-ring (bicyclic) bond motifs is 1. The standard InChI is InChI=1S/C27H25ClN2O6S/c1-32-20-9-7-16(5-6-17-12-22(33-2)26(35-4)23(13-17)34-3)11-21(20)36-15-25(31)30-27-29-19-14-18(28)8-10-24(19)37-27/h5-14H,15H2,1-4H3,(H,29,30,31). The molecule has 0 saturated carbocycles. The zero-order valence-corrected chi connectivity index (χ0v) is 22.2. The summed E-state index contributed by atoms with van der Waals surface area (Å²) in [5, 5.41) is 3.82. The number of halogens is 1. The van der Waals surface area contributed by atoms with Gasteiger partial charge in [-0.05, 0) is 53.6 Å². The van der Waals surface area contributed by atoms with Crippen molar-refractivity contribution in [2.24, 2.45) is 0 Å². The van der Waals surface area contributed by atoms with Crippen LogP contribution < -0.4 is 29.0 Å². The molecule has 8 nitrogen and oxygen atoms in total. The van der Waals surface area contributed by atoms with Crippen LogP contribution in [0.1, 0.15) is 11.1 Å². The summed E-state index contributed by atoms with van der Waals surface area (Å²) in [5.74, 6) is 2.24. The van der Waals surface area contributed by atoms with Crippen LogP contribution in [-0.4, -0.2) is 45.9 Å². The van der Waals surface area contributed by atoms with E-state index in [0.29, 0.717) is 38.9 Å². The number of aromatic nitrogens is 1. The summed E-state index contributed by atoms with van der Waals surface area (Å²) in [6, 6.07) is 14.5. The van der Waals surface area contributed by atoms with E-state index in [1.807, 2.05) is 36.4 Å². The Labute approximate surface area is 223 Å². The highest BCUT2D eigenvalue weighted by Gasteiger charge is 2.13. The Morgan fingerprint density at radius 3 is 2.22 bits per heavy atom. The Hall–Kier alpha value is -3.95. The third-order valence-electron chi connectivity index (χ3n) is 5.30. The van der Waals surface area contributed by atoms with Gasteiger partial charge in [0.2, 0.25) is 5.75 Å². The number of benzene rings is 3. The van der Waals surface area contributed by atoms with Gasteiger partial charge in [0.1, 0.15) is 0 Å². The number of nitrogens with one attached hydrogen (secondary N) is 1. The topological polar surface area (TPSA) is 88.1 Å². The normalized spacial score (nSPS) is 10.9. The molecule has 10 heteroatoms. The van der Waals surface area contributed by atoms with Gasteiger partial charge in [-0.2, -0.15) is 0 Å². The number of ether oxygens (including phenoxy) is 5. The molecule has 1 N–H and O–H groups in total. The fraction of sp³-hybridized carbons (Fsp3) is 0.185. The molecule has 0 radical (unpaired) electrons. The second-order valence-corrected chi connectivity index (χ2v) is 9.14. The first-order valence-electron chi connectivity index (χ1n) is 11.1. The summed E-state index contributed by atoms with van der Waals surface area (Å²) in [5.41, 5.74) is 2.42. The van der Waals surface area contributed by atoms with Crippen LogP contribution in [0.5, 0.6) is 28.7 Å². The number of rotatable bonds is 10. The quantitative estimate of drug-likeness (QED) is 0.240. The average Bonchev–Trinajstić information content (AvgIpc) is 3.31. The van der Waals surface area contributed by atoms with E-state index in [2.05, 4.69) is 10.3 Å². The van der Waals surface area contributed by atoms with Gasteiger partial charge < -0.3 is 23.7 Å². The lowest BCUT2D eigenvalue weighted by Crippen LogP contribution is -2.20. The van der Waals surface area contributed by atoms with Crippen LogP contribution >= 0.6 is 22.9 Å². The summed E-state index contributed by atoms with van der Waals surface area (Å²) >= 11 is 7.37. The summed E-state index contributed by atoms with van der Waals surface area (Å²) in [6.45, 7) is -0.215. The van der Waals surface area contributed by atoms with Gasteiger partial charge in [-0.25, -0.2) is 4.98 Å². The lowest BCUT2D eigenvalue weighted by atomic mass is 10.1. The highest BCUT2D eigenvalue weighted by Crippen LogP contribution is 2.39. The smallest absolute Gasteiger partial charge is 0.264 e. The Morgan fingerprint density at radius 1 is 0.865 bits per heavy atom. The van der Waals surface area contributed by atoms with E-state index in [4.69, 9.17) is 35.3 Å². The van der Waals surface area contributed by atoms with Crippen molar-refractivity contribution >= 4 is 56.3 Å².